The van der Waals surface area contributed by atoms with Crippen molar-refractivity contribution in [3.63, 3.8) is 0 Å². The Balaban J connectivity index is 2.33. The number of carbonyl (C=O) groups excluding carboxylic acids is 1. The van der Waals surface area contributed by atoms with E-state index in [1.807, 2.05) is 39.0 Å². The van der Waals surface area contributed by atoms with E-state index in [9.17, 15) is 13.2 Å². The fourth-order valence-corrected chi connectivity index (χ4v) is 5.04. The molecule has 1 amide bonds. The van der Waals surface area contributed by atoms with Gasteiger partial charge in [0.1, 0.15) is 6.04 Å². The van der Waals surface area contributed by atoms with Crippen molar-refractivity contribution in [2.24, 2.45) is 0 Å². The smallest absolute Gasteiger partial charge is 0.244 e. The normalized spacial score (nSPS) is 12.5. The van der Waals surface area contributed by atoms with Crippen LogP contribution >= 0.6 is 0 Å². The Kier molecular flexibility index (Phi) is 8.07. The molecule has 0 saturated carbocycles. The van der Waals surface area contributed by atoms with Gasteiger partial charge in [0.05, 0.1) is 11.9 Å². The molecule has 0 unspecified atom stereocenters. The Hall–Kier alpha value is -2.34. The van der Waals surface area contributed by atoms with E-state index in [0.29, 0.717) is 18.7 Å². The van der Waals surface area contributed by atoms with Gasteiger partial charge in [0.2, 0.25) is 15.9 Å². The maximum absolute atomic E-state index is 13.1. The predicted molar refractivity (Wildman–Crippen MR) is 124 cm³/mol. The van der Waals surface area contributed by atoms with Crippen LogP contribution in [0.2, 0.25) is 0 Å². The quantitative estimate of drug-likeness (QED) is 0.645. The highest BCUT2D eigenvalue weighted by Crippen LogP contribution is 2.25. The van der Waals surface area contributed by atoms with Crippen molar-refractivity contribution in [3.05, 3.63) is 64.2 Å². The molecule has 164 valence electrons. The van der Waals surface area contributed by atoms with Crippen LogP contribution in [0.5, 0.6) is 0 Å². The van der Waals surface area contributed by atoms with E-state index >= 15 is 0 Å². The number of hydrogen-bond donors (Lipinski definition) is 1. The Labute approximate surface area is 181 Å². The van der Waals surface area contributed by atoms with E-state index in [-0.39, 0.29) is 5.91 Å². The summed E-state index contributed by atoms with van der Waals surface area (Å²) < 4.78 is 26.6. The van der Waals surface area contributed by atoms with Crippen molar-refractivity contribution >= 4 is 21.6 Å². The average Bonchev–Trinajstić information content (AvgIpc) is 2.67. The van der Waals surface area contributed by atoms with Gasteiger partial charge in [0.25, 0.3) is 0 Å². The van der Waals surface area contributed by atoms with Crippen LogP contribution < -0.4 is 9.62 Å². The van der Waals surface area contributed by atoms with E-state index in [1.54, 1.807) is 0 Å². The lowest BCUT2D eigenvalue weighted by atomic mass is 10.0. The van der Waals surface area contributed by atoms with E-state index in [2.05, 4.69) is 37.4 Å². The third kappa shape index (κ3) is 5.85. The molecule has 0 saturated heterocycles. The average molecular weight is 431 g/mol. The molecule has 2 aromatic carbocycles. The summed E-state index contributed by atoms with van der Waals surface area (Å²) in [5, 5.41) is 2.98. The first kappa shape index (κ1) is 23.9. The van der Waals surface area contributed by atoms with Gasteiger partial charge < -0.3 is 5.32 Å². The fourth-order valence-electron chi connectivity index (χ4n) is 3.85. The minimum Gasteiger partial charge on any atom is -0.350 e. The van der Waals surface area contributed by atoms with Gasteiger partial charge in [-0.25, -0.2) is 8.42 Å². The molecule has 0 bridgehead atoms. The van der Waals surface area contributed by atoms with Crippen LogP contribution in [0.3, 0.4) is 0 Å². The number of nitrogens with one attached hydrogen (secondary N) is 1. The molecule has 0 aromatic heterocycles. The van der Waals surface area contributed by atoms with E-state index in [0.717, 1.165) is 35.8 Å². The molecule has 0 aliphatic rings. The van der Waals surface area contributed by atoms with Gasteiger partial charge in [-0.3, -0.25) is 9.10 Å². The SMILES string of the molecule is CCc1ccc(CC)c(CNC(=O)[C@@H](CC)N(c2cc(C)cc(C)c2)S(C)(=O)=O)c1. The molecule has 0 spiro atoms. The van der Waals surface area contributed by atoms with Crippen LogP contribution in [0.15, 0.2) is 36.4 Å². The predicted octanol–water partition coefficient (Wildman–Crippen LogP) is 4.29. The summed E-state index contributed by atoms with van der Waals surface area (Å²) in [6, 6.07) is 11.1. The van der Waals surface area contributed by atoms with E-state index in [4.69, 9.17) is 0 Å². The number of aryl methyl sites for hydroxylation is 4. The number of rotatable bonds is 9. The Bertz CT molecular complexity index is 979. The number of sulfonamides is 1. The van der Waals surface area contributed by atoms with Crippen molar-refractivity contribution in [2.75, 3.05) is 10.6 Å². The van der Waals surface area contributed by atoms with Crippen LogP contribution in [0, 0.1) is 13.8 Å². The highest BCUT2D eigenvalue weighted by Gasteiger charge is 2.31. The highest BCUT2D eigenvalue weighted by molar-refractivity contribution is 7.92. The number of benzene rings is 2. The molecule has 1 N–H and O–H groups in total. The summed E-state index contributed by atoms with van der Waals surface area (Å²) in [7, 11) is -3.64. The summed E-state index contributed by atoms with van der Waals surface area (Å²) in [6.07, 6.45) is 3.34. The van der Waals surface area contributed by atoms with Crippen molar-refractivity contribution < 1.29 is 13.2 Å². The van der Waals surface area contributed by atoms with Crippen LogP contribution in [-0.2, 0) is 34.2 Å². The first-order valence-corrected chi connectivity index (χ1v) is 12.4. The zero-order valence-corrected chi connectivity index (χ0v) is 19.8. The first-order valence-electron chi connectivity index (χ1n) is 10.6. The zero-order chi connectivity index (χ0) is 22.5. The molecule has 5 nitrogen and oxygen atoms in total. The first-order chi connectivity index (χ1) is 14.1. The third-order valence-electron chi connectivity index (χ3n) is 5.30. The minimum atomic E-state index is -3.64. The summed E-state index contributed by atoms with van der Waals surface area (Å²) in [4.78, 5) is 13.1. The summed E-state index contributed by atoms with van der Waals surface area (Å²) >= 11 is 0. The standard InChI is InChI=1S/C24H34N2O3S/c1-7-19-10-11-20(8-2)21(15-19)16-25-24(27)23(9-3)26(30(6,28)29)22-13-17(4)12-18(5)14-22/h10-15,23H,7-9,16H2,1-6H3,(H,25,27)/t23-/m1/s1. The Morgan fingerprint density at radius 1 is 0.967 bits per heavy atom. The third-order valence-corrected chi connectivity index (χ3v) is 6.48. The Morgan fingerprint density at radius 3 is 2.10 bits per heavy atom. The van der Waals surface area contributed by atoms with Gasteiger partial charge in [-0.05, 0) is 73.1 Å². The lowest BCUT2D eigenvalue weighted by Crippen LogP contribution is -2.49. The highest BCUT2D eigenvalue weighted by atomic mass is 32.2. The number of hydrogen-bond acceptors (Lipinski definition) is 3. The molecule has 1 atom stereocenters. The topological polar surface area (TPSA) is 66.5 Å². The molecular weight excluding hydrogens is 396 g/mol. The molecule has 2 aromatic rings. The second-order valence-corrected chi connectivity index (χ2v) is 9.72. The lowest BCUT2D eigenvalue weighted by molar-refractivity contribution is -0.122. The lowest BCUT2D eigenvalue weighted by Gasteiger charge is -2.30. The molecule has 0 aliphatic carbocycles. The van der Waals surface area contributed by atoms with Crippen LogP contribution in [-0.4, -0.2) is 26.6 Å². The number of anilines is 1. The zero-order valence-electron chi connectivity index (χ0n) is 19.0. The van der Waals surface area contributed by atoms with Crippen LogP contribution in [0.1, 0.15) is 55.0 Å². The second kappa shape index (κ2) is 10.1. The van der Waals surface area contributed by atoms with Crippen molar-refractivity contribution in [3.8, 4) is 0 Å². The molecule has 0 aliphatic heterocycles. The van der Waals surface area contributed by atoms with Crippen LogP contribution in [0.4, 0.5) is 5.69 Å². The maximum Gasteiger partial charge on any atom is 0.244 e. The molecule has 6 heteroatoms. The van der Waals surface area contributed by atoms with Gasteiger partial charge in [-0.15, -0.1) is 0 Å². The second-order valence-electron chi connectivity index (χ2n) is 7.86. The van der Waals surface area contributed by atoms with Gasteiger partial charge in [-0.1, -0.05) is 45.0 Å². The van der Waals surface area contributed by atoms with Crippen LogP contribution in [0.25, 0.3) is 0 Å². The Morgan fingerprint density at radius 2 is 1.60 bits per heavy atom. The molecule has 0 radical (unpaired) electrons. The summed E-state index contributed by atoms with van der Waals surface area (Å²) in [5.41, 5.74) is 5.93. The molecule has 2 rings (SSSR count). The summed E-state index contributed by atoms with van der Waals surface area (Å²) in [6.45, 7) is 10.3. The van der Waals surface area contributed by atoms with Crippen molar-refractivity contribution in [1.82, 2.24) is 5.32 Å². The van der Waals surface area contributed by atoms with Crippen molar-refractivity contribution in [2.45, 2.75) is 66.5 Å². The number of nitrogens with zero attached hydrogens (tertiary/aromatic N) is 1. The maximum atomic E-state index is 13.1. The van der Waals surface area contributed by atoms with E-state index in [1.165, 1.54) is 15.4 Å². The van der Waals surface area contributed by atoms with Gasteiger partial charge >= 0.3 is 0 Å². The number of amides is 1. The summed E-state index contributed by atoms with van der Waals surface area (Å²) in [5.74, 6) is -0.286. The van der Waals surface area contributed by atoms with E-state index < -0.39 is 16.1 Å². The van der Waals surface area contributed by atoms with Gasteiger partial charge in [0.15, 0.2) is 0 Å². The molecule has 0 fully saturated rings. The fraction of sp³-hybridized carbons (Fsp3) is 0.458. The molecular formula is C24H34N2O3S. The molecule has 30 heavy (non-hydrogen) atoms. The van der Waals surface area contributed by atoms with Gasteiger partial charge in [0, 0.05) is 6.54 Å². The van der Waals surface area contributed by atoms with Crippen molar-refractivity contribution in [1.29, 1.82) is 0 Å². The number of carbonyl (C=O) groups is 1. The van der Waals surface area contributed by atoms with Gasteiger partial charge in [-0.2, -0.15) is 0 Å². The molecule has 0 heterocycles. The largest absolute Gasteiger partial charge is 0.350 e. The minimum absolute atomic E-state index is 0.286. The monoisotopic (exact) mass is 430 g/mol.